The van der Waals surface area contributed by atoms with Gasteiger partial charge in [-0.3, -0.25) is 0 Å². The molecule has 1 aliphatic rings. The minimum Gasteiger partial charge on any atom is -0.310 e. The van der Waals surface area contributed by atoms with Crippen LogP contribution in [0.1, 0.15) is 46.5 Å². The van der Waals surface area contributed by atoms with Crippen molar-refractivity contribution >= 4 is 0 Å². The monoisotopic (exact) mass is 212 g/mol. The number of rotatable bonds is 5. The predicted molar refractivity (Wildman–Crippen MR) is 67.2 cm³/mol. The molecule has 0 aromatic heterocycles. The number of likely N-dealkylation sites (N-methyl/N-ethyl adjacent to an activating group) is 1. The van der Waals surface area contributed by atoms with E-state index in [4.69, 9.17) is 0 Å². The molecule has 0 amide bonds. The van der Waals surface area contributed by atoms with E-state index in [9.17, 15) is 0 Å². The van der Waals surface area contributed by atoms with Gasteiger partial charge in [-0.1, -0.05) is 13.8 Å². The van der Waals surface area contributed by atoms with E-state index >= 15 is 0 Å². The molecular formula is C13H28N2. The molecule has 0 radical (unpaired) electrons. The van der Waals surface area contributed by atoms with Crippen LogP contribution < -0.4 is 5.32 Å². The highest BCUT2D eigenvalue weighted by atomic mass is 15.1. The van der Waals surface area contributed by atoms with Crippen molar-refractivity contribution in [1.29, 1.82) is 0 Å². The zero-order chi connectivity index (χ0) is 11.3. The topological polar surface area (TPSA) is 15.3 Å². The maximum absolute atomic E-state index is 3.76. The standard InChI is InChI=1S/C13H28N2/c1-11(2)7-8-12(3)14-13-6-5-9-15(4)10-13/h11-14H,5-10H2,1-4H3. The van der Waals surface area contributed by atoms with E-state index in [1.165, 1.54) is 38.8 Å². The average molecular weight is 212 g/mol. The third kappa shape index (κ3) is 5.53. The summed E-state index contributed by atoms with van der Waals surface area (Å²) in [5.74, 6) is 0.836. The molecule has 2 unspecified atom stereocenters. The summed E-state index contributed by atoms with van der Waals surface area (Å²) in [6.45, 7) is 9.45. The number of hydrogen-bond donors (Lipinski definition) is 1. The fraction of sp³-hybridized carbons (Fsp3) is 1.00. The molecule has 90 valence electrons. The van der Waals surface area contributed by atoms with Crippen molar-refractivity contribution in [2.24, 2.45) is 5.92 Å². The Balaban J connectivity index is 2.16. The summed E-state index contributed by atoms with van der Waals surface area (Å²) in [7, 11) is 2.23. The van der Waals surface area contributed by atoms with E-state index in [1.54, 1.807) is 0 Å². The van der Waals surface area contributed by atoms with Gasteiger partial charge in [0.2, 0.25) is 0 Å². The second kappa shape index (κ2) is 6.49. The van der Waals surface area contributed by atoms with Crippen LogP contribution in [-0.2, 0) is 0 Å². The maximum Gasteiger partial charge on any atom is 0.0197 e. The molecule has 1 fully saturated rings. The third-order valence-electron chi connectivity index (χ3n) is 3.32. The van der Waals surface area contributed by atoms with Gasteiger partial charge in [-0.25, -0.2) is 0 Å². The van der Waals surface area contributed by atoms with Gasteiger partial charge in [0.1, 0.15) is 0 Å². The lowest BCUT2D eigenvalue weighted by Crippen LogP contribution is -2.47. The minimum absolute atomic E-state index is 0.684. The molecule has 0 spiro atoms. The summed E-state index contributed by atoms with van der Waals surface area (Å²) in [6, 6.07) is 1.41. The molecule has 2 nitrogen and oxygen atoms in total. The second-order valence-electron chi connectivity index (χ2n) is 5.64. The molecule has 15 heavy (non-hydrogen) atoms. The Labute approximate surface area is 95.4 Å². The second-order valence-corrected chi connectivity index (χ2v) is 5.64. The highest BCUT2D eigenvalue weighted by molar-refractivity contribution is 4.78. The highest BCUT2D eigenvalue weighted by Crippen LogP contribution is 2.11. The molecule has 1 aliphatic heterocycles. The maximum atomic E-state index is 3.76. The van der Waals surface area contributed by atoms with Crippen LogP contribution in [-0.4, -0.2) is 37.1 Å². The first-order valence-corrected chi connectivity index (χ1v) is 6.52. The molecule has 0 saturated carbocycles. The number of piperidine rings is 1. The van der Waals surface area contributed by atoms with Crippen LogP contribution in [0.5, 0.6) is 0 Å². The molecule has 0 aliphatic carbocycles. The minimum atomic E-state index is 0.684. The van der Waals surface area contributed by atoms with E-state index in [-0.39, 0.29) is 0 Å². The van der Waals surface area contributed by atoms with Gasteiger partial charge in [0.05, 0.1) is 0 Å². The van der Waals surface area contributed by atoms with Crippen molar-refractivity contribution in [2.75, 3.05) is 20.1 Å². The summed E-state index contributed by atoms with van der Waals surface area (Å²) in [4.78, 5) is 2.44. The van der Waals surface area contributed by atoms with Crippen LogP contribution in [0.2, 0.25) is 0 Å². The SMILES string of the molecule is CC(C)CCC(C)NC1CCCN(C)C1. The molecule has 2 heteroatoms. The van der Waals surface area contributed by atoms with Crippen molar-refractivity contribution in [3.63, 3.8) is 0 Å². The Kier molecular flexibility index (Phi) is 5.62. The Morgan fingerprint density at radius 1 is 1.27 bits per heavy atom. The summed E-state index contributed by atoms with van der Waals surface area (Å²) < 4.78 is 0. The molecular weight excluding hydrogens is 184 g/mol. The average Bonchev–Trinajstić information content (AvgIpc) is 2.15. The van der Waals surface area contributed by atoms with E-state index in [2.05, 4.69) is 38.0 Å². The van der Waals surface area contributed by atoms with Crippen LogP contribution in [0, 0.1) is 5.92 Å². The van der Waals surface area contributed by atoms with Gasteiger partial charge in [-0.2, -0.15) is 0 Å². The number of likely N-dealkylation sites (tertiary alicyclic amines) is 1. The zero-order valence-corrected chi connectivity index (χ0v) is 10.9. The first-order valence-electron chi connectivity index (χ1n) is 6.52. The zero-order valence-electron chi connectivity index (χ0n) is 10.9. The molecule has 1 rings (SSSR count). The van der Waals surface area contributed by atoms with Crippen LogP contribution >= 0.6 is 0 Å². The smallest absolute Gasteiger partial charge is 0.0197 e. The number of hydrogen-bond acceptors (Lipinski definition) is 2. The Morgan fingerprint density at radius 2 is 2.00 bits per heavy atom. The first-order chi connectivity index (χ1) is 7.08. The summed E-state index contributed by atoms with van der Waals surface area (Å²) in [5.41, 5.74) is 0. The summed E-state index contributed by atoms with van der Waals surface area (Å²) in [6.07, 6.45) is 5.37. The van der Waals surface area contributed by atoms with Gasteiger partial charge in [-0.05, 0) is 52.1 Å². The Hall–Kier alpha value is -0.0800. The molecule has 1 heterocycles. The number of nitrogens with one attached hydrogen (secondary N) is 1. The van der Waals surface area contributed by atoms with E-state index in [1.807, 2.05) is 0 Å². The van der Waals surface area contributed by atoms with Gasteiger partial charge in [0.25, 0.3) is 0 Å². The van der Waals surface area contributed by atoms with Crippen molar-refractivity contribution < 1.29 is 0 Å². The van der Waals surface area contributed by atoms with Gasteiger partial charge in [-0.15, -0.1) is 0 Å². The van der Waals surface area contributed by atoms with E-state index in [0.717, 1.165) is 12.0 Å². The van der Waals surface area contributed by atoms with Crippen LogP contribution in [0.3, 0.4) is 0 Å². The van der Waals surface area contributed by atoms with Crippen molar-refractivity contribution in [3.8, 4) is 0 Å². The lowest BCUT2D eigenvalue weighted by atomic mass is 10.0. The van der Waals surface area contributed by atoms with Gasteiger partial charge in [0, 0.05) is 18.6 Å². The molecule has 1 N–H and O–H groups in total. The molecule has 0 bridgehead atoms. The fourth-order valence-electron chi connectivity index (χ4n) is 2.37. The molecule has 0 aromatic carbocycles. The predicted octanol–water partition coefficient (Wildman–Crippen LogP) is 2.49. The van der Waals surface area contributed by atoms with E-state index in [0.29, 0.717) is 6.04 Å². The van der Waals surface area contributed by atoms with Gasteiger partial charge in [0.15, 0.2) is 0 Å². The third-order valence-corrected chi connectivity index (χ3v) is 3.32. The van der Waals surface area contributed by atoms with Crippen LogP contribution in [0.4, 0.5) is 0 Å². The molecule has 1 saturated heterocycles. The van der Waals surface area contributed by atoms with Crippen LogP contribution in [0.25, 0.3) is 0 Å². The normalized spacial score (nSPS) is 25.8. The largest absolute Gasteiger partial charge is 0.310 e. The highest BCUT2D eigenvalue weighted by Gasteiger charge is 2.18. The van der Waals surface area contributed by atoms with E-state index < -0.39 is 0 Å². The fourth-order valence-corrected chi connectivity index (χ4v) is 2.37. The van der Waals surface area contributed by atoms with Crippen molar-refractivity contribution in [3.05, 3.63) is 0 Å². The Bertz CT molecular complexity index is 168. The van der Waals surface area contributed by atoms with Crippen molar-refractivity contribution in [1.82, 2.24) is 10.2 Å². The molecule has 2 atom stereocenters. The molecule has 0 aromatic rings. The van der Waals surface area contributed by atoms with Crippen LogP contribution in [0.15, 0.2) is 0 Å². The van der Waals surface area contributed by atoms with Gasteiger partial charge >= 0.3 is 0 Å². The number of nitrogens with zero attached hydrogens (tertiary/aromatic N) is 1. The summed E-state index contributed by atoms with van der Waals surface area (Å²) >= 11 is 0. The lowest BCUT2D eigenvalue weighted by Gasteiger charge is -2.32. The first kappa shape index (κ1) is 13.0. The summed E-state index contributed by atoms with van der Waals surface area (Å²) in [5, 5.41) is 3.76. The van der Waals surface area contributed by atoms with Gasteiger partial charge < -0.3 is 10.2 Å². The lowest BCUT2D eigenvalue weighted by molar-refractivity contribution is 0.215. The quantitative estimate of drug-likeness (QED) is 0.753. The van der Waals surface area contributed by atoms with Crippen molar-refractivity contribution in [2.45, 2.75) is 58.5 Å². The Morgan fingerprint density at radius 3 is 2.60 bits per heavy atom.